The van der Waals surface area contributed by atoms with Crippen LogP contribution in [0.25, 0.3) is 0 Å². The fourth-order valence-electron chi connectivity index (χ4n) is 2.57. The smallest absolute Gasteiger partial charge is 0.262 e. The van der Waals surface area contributed by atoms with E-state index in [1.165, 1.54) is 11.1 Å². The second kappa shape index (κ2) is 5.87. The Labute approximate surface area is 117 Å². The number of benzene rings is 1. The predicted molar refractivity (Wildman–Crippen MR) is 74.0 cm³/mol. The Bertz CT molecular complexity index is 482. The van der Waals surface area contributed by atoms with Crippen LogP contribution in [0.2, 0.25) is 0 Å². The van der Waals surface area contributed by atoms with E-state index in [0.717, 1.165) is 5.56 Å². The van der Waals surface area contributed by atoms with Crippen LogP contribution in [0, 0.1) is 13.8 Å². The van der Waals surface area contributed by atoms with Crippen molar-refractivity contribution in [3.05, 3.63) is 34.9 Å². The number of hydrogen-bond donors (Lipinski definition) is 2. The van der Waals surface area contributed by atoms with E-state index >= 15 is 0 Å². The molecule has 1 fully saturated rings. The van der Waals surface area contributed by atoms with Gasteiger partial charge >= 0.3 is 0 Å². The van der Waals surface area contributed by atoms with Gasteiger partial charge in [0, 0.05) is 13.0 Å². The van der Waals surface area contributed by atoms with Crippen molar-refractivity contribution in [2.45, 2.75) is 38.7 Å². The van der Waals surface area contributed by atoms with Crippen molar-refractivity contribution in [2.24, 2.45) is 0 Å². The first kappa shape index (κ1) is 14.9. The van der Waals surface area contributed by atoms with Crippen LogP contribution in [-0.4, -0.2) is 31.0 Å². The third-order valence-electron chi connectivity index (χ3n) is 3.42. The summed E-state index contributed by atoms with van der Waals surface area (Å²) in [5, 5.41) is 5.27. The highest BCUT2D eigenvalue weighted by Gasteiger charge is 2.42. The van der Waals surface area contributed by atoms with Gasteiger partial charge in [0.2, 0.25) is 5.91 Å². The average Bonchev–Trinajstić information content (AvgIpc) is 2.68. The Balaban J connectivity index is 1.80. The summed E-state index contributed by atoms with van der Waals surface area (Å²) >= 11 is 0. The molecule has 1 atom stereocenters. The summed E-state index contributed by atoms with van der Waals surface area (Å²) in [6.45, 7) is 4.10. The maximum Gasteiger partial charge on any atom is 0.262 e. The van der Waals surface area contributed by atoms with E-state index in [0.29, 0.717) is 13.0 Å². The molecule has 110 valence electrons. The summed E-state index contributed by atoms with van der Waals surface area (Å²) in [5.74, 6) is -3.11. The topological polar surface area (TPSA) is 41.1 Å². The van der Waals surface area contributed by atoms with E-state index in [-0.39, 0.29) is 5.91 Å². The largest absolute Gasteiger partial charge is 0.354 e. The number of halogens is 2. The molecule has 1 heterocycles. The molecule has 1 aromatic rings. The van der Waals surface area contributed by atoms with Crippen molar-refractivity contribution in [3.63, 3.8) is 0 Å². The van der Waals surface area contributed by atoms with Crippen LogP contribution in [0.4, 0.5) is 8.78 Å². The molecule has 1 unspecified atom stereocenters. The highest BCUT2D eigenvalue weighted by Crippen LogP contribution is 2.24. The lowest BCUT2D eigenvalue weighted by Gasteiger charge is -2.11. The Morgan fingerprint density at radius 2 is 2.00 bits per heavy atom. The van der Waals surface area contributed by atoms with Gasteiger partial charge in [-0.3, -0.25) is 10.1 Å². The van der Waals surface area contributed by atoms with Crippen molar-refractivity contribution in [1.82, 2.24) is 10.6 Å². The SMILES string of the molecule is Cc1cc(C)cc(CCNC(=O)C2CC(F)(F)CN2)c1. The highest BCUT2D eigenvalue weighted by atomic mass is 19.3. The molecule has 0 bridgehead atoms. The van der Waals surface area contributed by atoms with Crippen LogP contribution in [0.5, 0.6) is 0 Å². The first-order chi connectivity index (χ1) is 9.35. The van der Waals surface area contributed by atoms with Gasteiger partial charge in [0.1, 0.15) is 0 Å². The molecule has 0 spiro atoms. The van der Waals surface area contributed by atoms with Crippen molar-refractivity contribution >= 4 is 5.91 Å². The molecular formula is C15H20F2N2O. The van der Waals surface area contributed by atoms with Crippen LogP contribution in [0.1, 0.15) is 23.1 Å². The first-order valence-corrected chi connectivity index (χ1v) is 6.82. The number of carbonyl (C=O) groups excluding carboxylic acids is 1. The molecule has 5 heteroatoms. The summed E-state index contributed by atoms with van der Waals surface area (Å²) in [5.41, 5.74) is 3.51. The molecule has 0 aliphatic carbocycles. The highest BCUT2D eigenvalue weighted by molar-refractivity contribution is 5.82. The molecule has 2 rings (SSSR count). The Kier molecular flexibility index (Phi) is 4.38. The van der Waals surface area contributed by atoms with Crippen molar-refractivity contribution < 1.29 is 13.6 Å². The number of carbonyl (C=O) groups is 1. The molecule has 3 nitrogen and oxygen atoms in total. The van der Waals surface area contributed by atoms with Crippen molar-refractivity contribution in [2.75, 3.05) is 13.1 Å². The molecule has 1 aromatic carbocycles. The lowest BCUT2D eigenvalue weighted by molar-refractivity contribution is -0.123. The second-order valence-electron chi connectivity index (χ2n) is 5.53. The molecule has 1 amide bonds. The number of hydrogen-bond acceptors (Lipinski definition) is 2. The molecule has 0 aromatic heterocycles. The molecule has 2 N–H and O–H groups in total. The van der Waals surface area contributed by atoms with E-state index in [2.05, 4.69) is 28.8 Å². The van der Waals surface area contributed by atoms with Crippen molar-refractivity contribution in [1.29, 1.82) is 0 Å². The summed E-state index contributed by atoms with van der Waals surface area (Å²) in [6, 6.07) is 5.46. The third kappa shape index (κ3) is 4.00. The zero-order valence-electron chi connectivity index (χ0n) is 11.8. The second-order valence-corrected chi connectivity index (χ2v) is 5.53. The maximum absolute atomic E-state index is 13.0. The molecule has 0 radical (unpaired) electrons. The van der Waals surface area contributed by atoms with Crippen LogP contribution in [0.3, 0.4) is 0 Å². The summed E-state index contributed by atoms with van der Waals surface area (Å²) < 4.78 is 26.0. The number of alkyl halides is 2. The Morgan fingerprint density at radius 3 is 2.55 bits per heavy atom. The maximum atomic E-state index is 13.0. The van der Waals surface area contributed by atoms with E-state index in [1.807, 2.05) is 13.8 Å². The first-order valence-electron chi connectivity index (χ1n) is 6.82. The monoisotopic (exact) mass is 282 g/mol. The van der Waals surface area contributed by atoms with Crippen LogP contribution < -0.4 is 10.6 Å². The minimum Gasteiger partial charge on any atom is -0.354 e. The van der Waals surface area contributed by atoms with Gasteiger partial charge in [-0.05, 0) is 25.8 Å². The molecule has 0 saturated carbocycles. The van der Waals surface area contributed by atoms with Gasteiger partial charge in [0.15, 0.2) is 0 Å². The Hall–Kier alpha value is -1.49. The van der Waals surface area contributed by atoms with Gasteiger partial charge in [-0.1, -0.05) is 29.3 Å². The number of amides is 1. The predicted octanol–water partition coefficient (Wildman–Crippen LogP) is 1.96. The standard InChI is InChI=1S/C15H20F2N2O/c1-10-5-11(2)7-12(6-10)3-4-18-14(20)13-8-15(16,17)9-19-13/h5-7,13,19H,3-4,8-9H2,1-2H3,(H,18,20). The van der Waals surface area contributed by atoms with Gasteiger partial charge in [0.05, 0.1) is 12.6 Å². The summed E-state index contributed by atoms with van der Waals surface area (Å²) in [6.07, 6.45) is 0.291. The van der Waals surface area contributed by atoms with Gasteiger partial charge < -0.3 is 5.32 Å². The molecule has 1 saturated heterocycles. The van der Waals surface area contributed by atoms with Gasteiger partial charge in [-0.25, -0.2) is 8.78 Å². The van der Waals surface area contributed by atoms with E-state index in [1.54, 1.807) is 0 Å². The fraction of sp³-hybridized carbons (Fsp3) is 0.533. The number of nitrogens with one attached hydrogen (secondary N) is 2. The van der Waals surface area contributed by atoms with E-state index < -0.39 is 24.9 Å². The lowest BCUT2D eigenvalue weighted by atomic mass is 10.1. The van der Waals surface area contributed by atoms with Crippen LogP contribution >= 0.6 is 0 Å². The van der Waals surface area contributed by atoms with E-state index in [9.17, 15) is 13.6 Å². The van der Waals surface area contributed by atoms with Gasteiger partial charge in [-0.2, -0.15) is 0 Å². The molecular weight excluding hydrogens is 262 g/mol. The number of aryl methyl sites for hydroxylation is 2. The third-order valence-corrected chi connectivity index (χ3v) is 3.42. The van der Waals surface area contributed by atoms with Gasteiger partial charge in [0.25, 0.3) is 5.92 Å². The quantitative estimate of drug-likeness (QED) is 0.886. The Morgan fingerprint density at radius 1 is 1.35 bits per heavy atom. The minimum absolute atomic E-state index is 0.341. The molecule has 20 heavy (non-hydrogen) atoms. The molecule has 1 aliphatic rings. The zero-order valence-corrected chi connectivity index (χ0v) is 11.8. The minimum atomic E-state index is -2.77. The van der Waals surface area contributed by atoms with Crippen molar-refractivity contribution in [3.8, 4) is 0 Å². The lowest BCUT2D eigenvalue weighted by Crippen LogP contribution is -2.41. The summed E-state index contributed by atoms with van der Waals surface area (Å²) in [7, 11) is 0. The summed E-state index contributed by atoms with van der Waals surface area (Å²) in [4.78, 5) is 11.8. The van der Waals surface area contributed by atoms with Crippen LogP contribution in [0.15, 0.2) is 18.2 Å². The normalized spacial score (nSPS) is 20.9. The number of rotatable bonds is 4. The van der Waals surface area contributed by atoms with Crippen LogP contribution in [-0.2, 0) is 11.2 Å². The van der Waals surface area contributed by atoms with E-state index in [4.69, 9.17) is 0 Å². The average molecular weight is 282 g/mol. The molecule has 1 aliphatic heterocycles. The fourth-order valence-corrected chi connectivity index (χ4v) is 2.57. The zero-order chi connectivity index (χ0) is 14.8. The van der Waals surface area contributed by atoms with Gasteiger partial charge in [-0.15, -0.1) is 0 Å².